The van der Waals surface area contributed by atoms with Crippen LogP contribution >= 0.6 is 0 Å². The van der Waals surface area contributed by atoms with Gasteiger partial charge in [-0.05, 0) is 18.3 Å². The minimum atomic E-state index is -0.730. The lowest BCUT2D eigenvalue weighted by atomic mass is 9.81. The van der Waals surface area contributed by atoms with Crippen LogP contribution in [0.3, 0.4) is 0 Å². The summed E-state index contributed by atoms with van der Waals surface area (Å²) in [6, 6.07) is -0.713. The lowest BCUT2D eigenvalue weighted by Crippen LogP contribution is -2.57. The van der Waals surface area contributed by atoms with Crippen LogP contribution in [0.5, 0.6) is 0 Å². The van der Waals surface area contributed by atoms with Crippen molar-refractivity contribution in [2.45, 2.75) is 40.0 Å². The predicted octanol–water partition coefficient (Wildman–Crippen LogP) is 1.43. The van der Waals surface area contributed by atoms with Crippen LogP contribution in [0.1, 0.15) is 40.0 Å². The van der Waals surface area contributed by atoms with Crippen molar-refractivity contribution < 1.29 is 14.4 Å². The Morgan fingerprint density at radius 2 is 1.59 bits per heavy atom. The second-order valence-electron chi connectivity index (χ2n) is 4.70. The largest absolute Gasteiger partial charge is 0.328 e. The fraction of sp³-hybridized carbons (Fsp3) is 0.750. The highest BCUT2D eigenvalue weighted by Gasteiger charge is 2.39. The molecule has 1 aliphatic rings. The average molecular weight is 240 g/mol. The van der Waals surface area contributed by atoms with Crippen molar-refractivity contribution in [3.05, 3.63) is 0 Å². The summed E-state index contributed by atoms with van der Waals surface area (Å²) in [5.41, 5.74) is 0. The Hall–Kier alpha value is -1.39. The fourth-order valence-electron chi connectivity index (χ4n) is 2.18. The fourth-order valence-corrected chi connectivity index (χ4v) is 2.18. The van der Waals surface area contributed by atoms with Gasteiger partial charge in [-0.25, -0.2) is 4.79 Å². The zero-order valence-electron chi connectivity index (χ0n) is 10.6. The SMILES string of the molecule is CCC(C)CC(CC)C1C(=O)NC(=O)NC1=O. The topological polar surface area (TPSA) is 75.3 Å². The van der Waals surface area contributed by atoms with E-state index in [0.29, 0.717) is 5.92 Å². The maximum atomic E-state index is 11.7. The van der Waals surface area contributed by atoms with E-state index in [1.807, 2.05) is 6.92 Å². The van der Waals surface area contributed by atoms with Crippen molar-refractivity contribution >= 4 is 17.8 Å². The minimum absolute atomic E-state index is 0.00181. The summed E-state index contributed by atoms with van der Waals surface area (Å²) < 4.78 is 0. The third kappa shape index (κ3) is 3.28. The Bertz CT molecular complexity index is 308. The van der Waals surface area contributed by atoms with E-state index >= 15 is 0 Å². The lowest BCUT2D eigenvalue weighted by Gasteiger charge is -2.28. The number of urea groups is 1. The van der Waals surface area contributed by atoms with E-state index < -0.39 is 23.8 Å². The summed E-state index contributed by atoms with van der Waals surface area (Å²) in [5.74, 6) is -1.19. The van der Waals surface area contributed by atoms with Crippen molar-refractivity contribution in [1.82, 2.24) is 10.6 Å². The molecule has 1 saturated heterocycles. The van der Waals surface area contributed by atoms with Crippen LogP contribution in [-0.2, 0) is 9.59 Å². The molecule has 2 unspecified atom stereocenters. The molecule has 1 heterocycles. The molecule has 96 valence electrons. The van der Waals surface area contributed by atoms with Gasteiger partial charge in [0.1, 0.15) is 5.92 Å². The van der Waals surface area contributed by atoms with Crippen molar-refractivity contribution in [3.8, 4) is 0 Å². The van der Waals surface area contributed by atoms with Crippen LogP contribution in [0.4, 0.5) is 4.79 Å². The highest BCUT2D eigenvalue weighted by Crippen LogP contribution is 2.27. The van der Waals surface area contributed by atoms with Gasteiger partial charge in [0.2, 0.25) is 11.8 Å². The molecular weight excluding hydrogens is 220 g/mol. The van der Waals surface area contributed by atoms with Crippen LogP contribution < -0.4 is 10.6 Å². The van der Waals surface area contributed by atoms with E-state index in [1.54, 1.807) is 0 Å². The number of amides is 4. The molecule has 0 radical (unpaired) electrons. The number of hydrogen-bond donors (Lipinski definition) is 2. The molecule has 2 N–H and O–H groups in total. The third-order valence-corrected chi connectivity index (χ3v) is 3.44. The Kier molecular flexibility index (Phi) is 4.66. The minimum Gasteiger partial charge on any atom is -0.277 e. The molecule has 0 aromatic rings. The van der Waals surface area contributed by atoms with E-state index in [0.717, 1.165) is 19.3 Å². The van der Waals surface area contributed by atoms with Gasteiger partial charge in [-0.2, -0.15) is 0 Å². The highest BCUT2D eigenvalue weighted by molar-refractivity contribution is 6.16. The molecule has 5 heteroatoms. The van der Waals surface area contributed by atoms with E-state index in [4.69, 9.17) is 0 Å². The van der Waals surface area contributed by atoms with Crippen LogP contribution in [0.2, 0.25) is 0 Å². The molecule has 0 saturated carbocycles. The van der Waals surface area contributed by atoms with E-state index in [2.05, 4.69) is 24.5 Å². The van der Waals surface area contributed by atoms with Crippen molar-refractivity contribution in [2.24, 2.45) is 17.8 Å². The van der Waals surface area contributed by atoms with Gasteiger partial charge < -0.3 is 0 Å². The molecule has 1 rings (SSSR count). The number of nitrogens with one attached hydrogen (secondary N) is 2. The quantitative estimate of drug-likeness (QED) is 0.714. The number of hydrogen-bond acceptors (Lipinski definition) is 3. The normalized spacial score (nSPS) is 20.8. The van der Waals surface area contributed by atoms with Crippen LogP contribution in [-0.4, -0.2) is 17.8 Å². The number of rotatable bonds is 5. The first-order chi connectivity index (χ1) is 7.99. The van der Waals surface area contributed by atoms with E-state index in [1.165, 1.54) is 0 Å². The van der Waals surface area contributed by atoms with Crippen molar-refractivity contribution in [2.75, 3.05) is 0 Å². The molecule has 0 bridgehead atoms. The molecule has 0 aliphatic carbocycles. The monoisotopic (exact) mass is 240 g/mol. The Balaban J connectivity index is 2.76. The predicted molar refractivity (Wildman–Crippen MR) is 63.0 cm³/mol. The summed E-state index contributed by atoms with van der Waals surface area (Å²) in [6.07, 6.45) is 2.60. The number of carbonyl (C=O) groups is 3. The molecule has 1 fully saturated rings. The van der Waals surface area contributed by atoms with Gasteiger partial charge in [0.25, 0.3) is 0 Å². The Morgan fingerprint density at radius 1 is 1.06 bits per heavy atom. The van der Waals surface area contributed by atoms with Gasteiger partial charge in [0.05, 0.1) is 0 Å². The van der Waals surface area contributed by atoms with Gasteiger partial charge in [0.15, 0.2) is 0 Å². The number of barbiturate groups is 1. The van der Waals surface area contributed by atoms with Crippen LogP contribution in [0.25, 0.3) is 0 Å². The van der Waals surface area contributed by atoms with Gasteiger partial charge in [0, 0.05) is 0 Å². The summed E-state index contributed by atoms with van der Waals surface area (Å²) >= 11 is 0. The van der Waals surface area contributed by atoms with Crippen LogP contribution in [0, 0.1) is 17.8 Å². The van der Waals surface area contributed by atoms with Gasteiger partial charge in [-0.15, -0.1) is 0 Å². The lowest BCUT2D eigenvalue weighted by molar-refractivity contribution is -0.138. The zero-order chi connectivity index (χ0) is 13.0. The second-order valence-corrected chi connectivity index (χ2v) is 4.70. The summed E-state index contributed by atoms with van der Waals surface area (Å²) in [4.78, 5) is 34.3. The van der Waals surface area contributed by atoms with Crippen molar-refractivity contribution in [1.29, 1.82) is 0 Å². The maximum absolute atomic E-state index is 11.7. The Morgan fingerprint density at radius 3 is 2.00 bits per heavy atom. The molecule has 0 spiro atoms. The second kappa shape index (κ2) is 5.80. The first-order valence-corrected chi connectivity index (χ1v) is 6.15. The van der Waals surface area contributed by atoms with Gasteiger partial charge >= 0.3 is 6.03 Å². The summed E-state index contributed by atoms with van der Waals surface area (Å²) in [6.45, 7) is 6.15. The first kappa shape index (κ1) is 13.7. The molecule has 0 aromatic heterocycles. The van der Waals surface area contributed by atoms with Crippen molar-refractivity contribution in [3.63, 3.8) is 0 Å². The number of imide groups is 2. The number of carbonyl (C=O) groups excluding carboxylic acids is 3. The van der Waals surface area contributed by atoms with Gasteiger partial charge in [-0.3, -0.25) is 20.2 Å². The smallest absolute Gasteiger partial charge is 0.277 e. The van der Waals surface area contributed by atoms with E-state index in [-0.39, 0.29) is 5.92 Å². The van der Waals surface area contributed by atoms with Crippen LogP contribution in [0.15, 0.2) is 0 Å². The molecule has 17 heavy (non-hydrogen) atoms. The first-order valence-electron chi connectivity index (χ1n) is 6.15. The molecule has 1 aliphatic heterocycles. The highest BCUT2D eigenvalue weighted by atomic mass is 16.2. The standard InChI is InChI=1S/C12H20N2O3/c1-4-7(3)6-8(5-2)9-10(15)13-12(17)14-11(9)16/h7-9H,4-6H2,1-3H3,(H2,13,14,15,16,17). The Labute approximate surface area is 101 Å². The molecule has 0 aromatic carbocycles. The molecule has 5 nitrogen and oxygen atoms in total. The van der Waals surface area contributed by atoms with Gasteiger partial charge in [-0.1, -0.05) is 33.6 Å². The van der Waals surface area contributed by atoms with E-state index in [9.17, 15) is 14.4 Å². The maximum Gasteiger partial charge on any atom is 0.328 e. The summed E-state index contributed by atoms with van der Waals surface area (Å²) in [5, 5.41) is 4.31. The molecule has 2 atom stereocenters. The summed E-state index contributed by atoms with van der Waals surface area (Å²) in [7, 11) is 0. The molecular formula is C12H20N2O3. The zero-order valence-corrected chi connectivity index (χ0v) is 10.6. The third-order valence-electron chi connectivity index (χ3n) is 3.44. The average Bonchev–Trinajstić information content (AvgIpc) is 2.25. The molecule has 4 amide bonds.